The van der Waals surface area contributed by atoms with Crippen LogP contribution in [-0.4, -0.2) is 80.7 Å². The van der Waals surface area contributed by atoms with Crippen molar-refractivity contribution in [1.29, 1.82) is 0 Å². The molecule has 2 heterocycles. The lowest BCUT2D eigenvalue weighted by Crippen LogP contribution is -2.50. The SMILES string of the molecule is CC(C)N1CCOC(CC(C)N2CCS(=O)(=O)CC2)C1. The first-order valence-electron chi connectivity index (χ1n) is 7.67. The Morgan fingerprint density at radius 1 is 1.10 bits per heavy atom. The number of morpholine rings is 1. The van der Waals surface area contributed by atoms with E-state index in [0.29, 0.717) is 36.7 Å². The second-order valence-electron chi connectivity index (χ2n) is 6.35. The highest BCUT2D eigenvalue weighted by molar-refractivity contribution is 7.91. The Balaban J connectivity index is 1.81. The zero-order valence-electron chi connectivity index (χ0n) is 12.9. The van der Waals surface area contributed by atoms with Crippen LogP contribution in [0.25, 0.3) is 0 Å². The molecule has 20 heavy (non-hydrogen) atoms. The maximum absolute atomic E-state index is 11.5. The van der Waals surface area contributed by atoms with E-state index in [1.807, 2.05) is 0 Å². The fraction of sp³-hybridized carbons (Fsp3) is 1.00. The maximum Gasteiger partial charge on any atom is 0.152 e. The van der Waals surface area contributed by atoms with E-state index >= 15 is 0 Å². The summed E-state index contributed by atoms with van der Waals surface area (Å²) in [7, 11) is -2.78. The molecule has 2 fully saturated rings. The summed E-state index contributed by atoms with van der Waals surface area (Å²) in [6.07, 6.45) is 1.27. The van der Waals surface area contributed by atoms with Crippen LogP contribution in [0.1, 0.15) is 27.2 Å². The Morgan fingerprint density at radius 3 is 2.35 bits per heavy atom. The summed E-state index contributed by atoms with van der Waals surface area (Å²) in [6.45, 7) is 10.8. The van der Waals surface area contributed by atoms with Crippen molar-refractivity contribution in [3.8, 4) is 0 Å². The van der Waals surface area contributed by atoms with Crippen molar-refractivity contribution in [1.82, 2.24) is 9.80 Å². The first-order chi connectivity index (χ1) is 9.37. The van der Waals surface area contributed by atoms with E-state index in [1.165, 1.54) is 0 Å². The molecule has 0 aromatic carbocycles. The van der Waals surface area contributed by atoms with E-state index in [-0.39, 0.29) is 6.10 Å². The van der Waals surface area contributed by atoms with Gasteiger partial charge >= 0.3 is 0 Å². The second kappa shape index (κ2) is 6.73. The number of nitrogens with zero attached hydrogens (tertiary/aromatic N) is 2. The normalized spacial score (nSPS) is 30.5. The van der Waals surface area contributed by atoms with Crippen molar-refractivity contribution >= 4 is 9.84 Å². The summed E-state index contributed by atoms with van der Waals surface area (Å²) in [5, 5.41) is 0. The predicted octanol–water partition coefficient (Wildman–Crippen LogP) is 0.605. The van der Waals surface area contributed by atoms with Gasteiger partial charge < -0.3 is 4.74 Å². The summed E-state index contributed by atoms with van der Waals surface area (Å²) in [5.41, 5.74) is 0. The van der Waals surface area contributed by atoms with Gasteiger partial charge in [0.25, 0.3) is 0 Å². The summed E-state index contributed by atoms with van der Waals surface area (Å²) in [5.74, 6) is 0.613. The Hall–Kier alpha value is -0.170. The van der Waals surface area contributed by atoms with Crippen molar-refractivity contribution in [3.05, 3.63) is 0 Å². The Bertz CT molecular complexity index is 397. The smallest absolute Gasteiger partial charge is 0.152 e. The number of sulfone groups is 1. The third-order valence-corrected chi connectivity index (χ3v) is 6.12. The minimum atomic E-state index is -2.78. The van der Waals surface area contributed by atoms with Crippen molar-refractivity contribution in [2.24, 2.45) is 0 Å². The van der Waals surface area contributed by atoms with Crippen LogP contribution in [0.5, 0.6) is 0 Å². The van der Waals surface area contributed by atoms with Crippen LogP contribution in [0.3, 0.4) is 0 Å². The lowest BCUT2D eigenvalue weighted by atomic mass is 10.1. The molecule has 0 aliphatic carbocycles. The lowest BCUT2D eigenvalue weighted by Gasteiger charge is -2.39. The van der Waals surface area contributed by atoms with Crippen LogP contribution in [0, 0.1) is 0 Å². The molecular weight excluding hydrogens is 276 g/mol. The zero-order chi connectivity index (χ0) is 14.8. The Labute approximate surface area is 123 Å². The molecule has 118 valence electrons. The van der Waals surface area contributed by atoms with Gasteiger partial charge in [-0.3, -0.25) is 9.80 Å². The molecule has 0 radical (unpaired) electrons. The van der Waals surface area contributed by atoms with Gasteiger partial charge in [0.1, 0.15) is 0 Å². The van der Waals surface area contributed by atoms with Crippen LogP contribution < -0.4 is 0 Å². The van der Waals surface area contributed by atoms with Gasteiger partial charge in [0.15, 0.2) is 9.84 Å². The van der Waals surface area contributed by atoms with Crippen LogP contribution in [0.15, 0.2) is 0 Å². The highest BCUT2D eigenvalue weighted by Gasteiger charge is 2.29. The van der Waals surface area contributed by atoms with E-state index in [2.05, 4.69) is 30.6 Å². The molecule has 2 saturated heterocycles. The molecule has 0 aromatic rings. The highest BCUT2D eigenvalue weighted by Crippen LogP contribution is 2.17. The van der Waals surface area contributed by atoms with Crippen LogP contribution in [0.4, 0.5) is 0 Å². The van der Waals surface area contributed by atoms with Crippen LogP contribution >= 0.6 is 0 Å². The number of ether oxygens (including phenoxy) is 1. The fourth-order valence-electron chi connectivity index (χ4n) is 3.05. The molecule has 2 atom stereocenters. The largest absolute Gasteiger partial charge is 0.375 e. The molecule has 2 aliphatic rings. The first kappa shape index (κ1) is 16.2. The molecule has 0 saturated carbocycles. The molecule has 2 rings (SSSR count). The number of rotatable bonds is 4. The van der Waals surface area contributed by atoms with Crippen molar-refractivity contribution < 1.29 is 13.2 Å². The minimum Gasteiger partial charge on any atom is -0.375 e. The molecule has 2 aliphatic heterocycles. The van der Waals surface area contributed by atoms with Gasteiger partial charge in [0.05, 0.1) is 24.2 Å². The topological polar surface area (TPSA) is 49.9 Å². The molecule has 5 nitrogen and oxygen atoms in total. The molecule has 0 aromatic heterocycles. The molecule has 0 bridgehead atoms. The van der Waals surface area contributed by atoms with Gasteiger partial charge in [-0.1, -0.05) is 0 Å². The van der Waals surface area contributed by atoms with Gasteiger partial charge in [-0.15, -0.1) is 0 Å². The molecule has 0 amide bonds. The van der Waals surface area contributed by atoms with Gasteiger partial charge in [-0.25, -0.2) is 8.42 Å². The van der Waals surface area contributed by atoms with E-state index < -0.39 is 9.84 Å². The third-order valence-electron chi connectivity index (χ3n) is 4.51. The minimum absolute atomic E-state index is 0.277. The van der Waals surface area contributed by atoms with E-state index in [9.17, 15) is 8.42 Å². The van der Waals surface area contributed by atoms with Gasteiger partial charge in [-0.05, 0) is 27.2 Å². The van der Waals surface area contributed by atoms with E-state index in [1.54, 1.807) is 0 Å². The average molecular weight is 304 g/mol. The quantitative estimate of drug-likeness (QED) is 0.761. The fourth-order valence-corrected chi connectivity index (χ4v) is 4.28. The van der Waals surface area contributed by atoms with E-state index in [0.717, 1.165) is 26.1 Å². The summed E-state index contributed by atoms with van der Waals surface area (Å²) >= 11 is 0. The monoisotopic (exact) mass is 304 g/mol. The average Bonchev–Trinajstić information content (AvgIpc) is 2.38. The van der Waals surface area contributed by atoms with Crippen molar-refractivity contribution in [2.45, 2.75) is 45.4 Å². The molecular formula is C14H28N2O3S. The second-order valence-corrected chi connectivity index (χ2v) is 8.66. The highest BCUT2D eigenvalue weighted by atomic mass is 32.2. The van der Waals surface area contributed by atoms with Crippen molar-refractivity contribution in [2.75, 3.05) is 44.3 Å². The number of hydrogen-bond acceptors (Lipinski definition) is 5. The van der Waals surface area contributed by atoms with Crippen LogP contribution in [0.2, 0.25) is 0 Å². The van der Waals surface area contributed by atoms with Gasteiger partial charge in [0.2, 0.25) is 0 Å². The summed E-state index contributed by atoms with van der Waals surface area (Å²) < 4.78 is 28.8. The van der Waals surface area contributed by atoms with E-state index in [4.69, 9.17) is 4.74 Å². The summed E-state index contributed by atoms with van der Waals surface area (Å²) in [6, 6.07) is 0.958. The standard InChI is InChI=1S/C14H28N2O3S/c1-12(2)16-4-7-19-14(11-16)10-13(3)15-5-8-20(17,18)9-6-15/h12-14H,4-11H2,1-3H3. The Kier molecular flexibility index (Phi) is 5.45. The molecule has 0 spiro atoms. The van der Waals surface area contributed by atoms with Crippen LogP contribution in [-0.2, 0) is 14.6 Å². The summed E-state index contributed by atoms with van der Waals surface area (Å²) in [4.78, 5) is 4.75. The lowest BCUT2D eigenvalue weighted by molar-refractivity contribution is -0.0510. The molecule has 2 unspecified atom stereocenters. The van der Waals surface area contributed by atoms with Gasteiger partial charge in [-0.2, -0.15) is 0 Å². The van der Waals surface area contributed by atoms with Gasteiger partial charge in [0, 0.05) is 38.3 Å². The van der Waals surface area contributed by atoms with Crippen molar-refractivity contribution in [3.63, 3.8) is 0 Å². The Morgan fingerprint density at radius 2 is 1.75 bits per heavy atom. The predicted molar refractivity (Wildman–Crippen MR) is 80.8 cm³/mol. The molecule has 6 heteroatoms. The third kappa shape index (κ3) is 4.41. The maximum atomic E-state index is 11.5. The number of hydrogen-bond donors (Lipinski definition) is 0. The first-order valence-corrected chi connectivity index (χ1v) is 9.49. The zero-order valence-corrected chi connectivity index (χ0v) is 13.7. The molecule has 0 N–H and O–H groups in total.